The largest absolute Gasteiger partial charge is 0.433 e. The fraction of sp³-hybridized carbons (Fsp3) is 0.242. The Kier molecular flexibility index (Phi) is 12.0. The number of imidazole rings is 2. The van der Waals surface area contributed by atoms with Crippen LogP contribution >= 0.6 is 45.2 Å². The summed E-state index contributed by atoms with van der Waals surface area (Å²) in [4.78, 5) is 26.1. The van der Waals surface area contributed by atoms with Crippen molar-refractivity contribution in [1.29, 1.82) is 0 Å². The highest BCUT2D eigenvalue weighted by atomic mass is 127. The lowest BCUT2D eigenvalue weighted by molar-refractivity contribution is -0.141. The first-order valence-electron chi connectivity index (χ1n) is 15.8. The summed E-state index contributed by atoms with van der Waals surface area (Å²) in [6.45, 7) is 2.97. The van der Waals surface area contributed by atoms with Crippen LogP contribution < -0.4 is 11.1 Å². The van der Waals surface area contributed by atoms with Gasteiger partial charge in [-0.15, -0.1) is 0 Å². The molecule has 56 heavy (non-hydrogen) atoms. The number of carbonyl (C=O) groups excluding carboxylic acids is 1. The standard InChI is InChI=1S/C17H14F3IN4O3S.C16H14F3IN4O2S/c1-3-29(27,28)14-5-11(23-8-26)10(21)4-9(14)16-24-12-6-15(17(18,19)20)22-7-13(12)25(16)2;1-3-27(25,26)13-5-10(21)9(20)4-8(13)15-23-11-6-14(16(17,18)19)22-7-12(11)24(15)2/h4-8H,3H2,1-2H3,(H,23,26);4-7H,3,21H2,1-2H3. The number of aryl methyl sites for hydroxylation is 2. The summed E-state index contributed by atoms with van der Waals surface area (Å²) >= 11 is 3.89. The highest BCUT2D eigenvalue weighted by molar-refractivity contribution is 14.1. The highest BCUT2D eigenvalue weighted by Gasteiger charge is 2.34. The predicted molar refractivity (Wildman–Crippen MR) is 213 cm³/mol. The zero-order chi connectivity index (χ0) is 41.7. The summed E-state index contributed by atoms with van der Waals surface area (Å²) < 4.78 is 132. The van der Waals surface area contributed by atoms with E-state index in [4.69, 9.17) is 5.73 Å². The fourth-order valence-electron chi connectivity index (χ4n) is 5.44. The van der Waals surface area contributed by atoms with Gasteiger partial charge in [0.15, 0.2) is 19.7 Å². The van der Waals surface area contributed by atoms with Crippen molar-refractivity contribution in [3.05, 3.63) is 67.3 Å². The monoisotopic (exact) mass is 1050 g/mol. The summed E-state index contributed by atoms with van der Waals surface area (Å²) in [6, 6.07) is 7.43. The topological polar surface area (TPSA) is 185 Å². The maximum atomic E-state index is 13.0. The number of nitrogen functional groups attached to an aromatic ring is 1. The Morgan fingerprint density at radius 1 is 0.714 bits per heavy atom. The molecule has 0 saturated heterocycles. The minimum Gasteiger partial charge on any atom is -0.398 e. The van der Waals surface area contributed by atoms with Crippen molar-refractivity contribution in [2.45, 2.75) is 36.0 Å². The van der Waals surface area contributed by atoms with E-state index in [1.54, 1.807) is 20.2 Å². The van der Waals surface area contributed by atoms with Gasteiger partial charge >= 0.3 is 12.4 Å². The van der Waals surface area contributed by atoms with Crippen molar-refractivity contribution >= 4 is 105 Å². The molecule has 0 aliphatic carbocycles. The second-order valence-electron chi connectivity index (χ2n) is 11.9. The molecule has 298 valence electrons. The van der Waals surface area contributed by atoms with Crippen LogP contribution in [0.4, 0.5) is 37.7 Å². The van der Waals surface area contributed by atoms with Crippen LogP contribution in [0.15, 0.2) is 58.6 Å². The molecule has 13 nitrogen and oxygen atoms in total. The van der Waals surface area contributed by atoms with Crippen LogP contribution in [0, 0.1) is 7.14 Å². The fourth-order valence-corrected chi connectivity index (χ4v) is 8.73. The van der Waals surface area contributed by atoms with Crippen LogP contribution in [0.2, 0.25) is 0 Å². The number of nitrogens with zero attached hydrogens (tertiary/aromatic N) is 6. The molecule has 0 unspecified atom stereocenters. The number of alkyl halides is 6. The third kappa shape index (κ3) is 8.44. The second kappa shape index (κ2) is 15.7. The molecule has 0 aliphatic heterocycles. The summed E-state index contributed by atoms with van der Waals surface area (Å²) in [7, 11) is -4.21. The Balaban J connectivity index is 0.000000215. The first kappa shape index (κ1) is 43.0. The van der Waals surface area contributed by atoms with Crippen LogP contribution in [0.3, 0.4) is 0 Å². The van der Waals surface area contributed by atoms with Gasteiger partial charge in [0, 0.05) is 38.0 Å². The van der Waals surface area contributed by atoms with Crippen LogP contribution in [-0.2, 0) is 50.9 Å². The van der Waals surface area contributed by atoms with Crippen LogP contribution in [0.5, 0.6) is 0 Å². The molecule has 6 rings (SSSR count). The predicted octanol–water partition coefficient (Wildman–Crippen LogP) is 7.26. The summed E-state index contributed by atoms with van der Waals surface area (Å²) in [5.74, 6) is 0.0361. The quantitative estimate of drug-likeness (QED) is 0.0681. The molecular formula is C33H28F6I2N8O5S2. The third-order valence-electron chi connectivity index (χ3n) is 8.41. The average molecular weight is 1050 g/mol. The first-order valence-corrected chi connectivity index (χ1v) is 21.3. The number of halogens is 8. The maximum absolute atomic E-state index is 13.0. The smallest absolute Gasteiger partial charge is 0.398 e. The van der Waals surface area contributed by atoms with Gasteiger partial charge in [-0.25, -0.2) is 36.8 Å². The van der Waals surface area contributed by atoms with Gasteiger partial charge in [-0.3, -0.25) is 4.79 Å². The number of rotatable bonds is 8. The number of carbonyl (C=O) groups is 1. The lowest BCUT2D eigenvalue weighted by Crippen LogP contribution is -2.09. The molecular weight excluding hydrogens is 1020 g/mol. The molecule has 0 bridgehead atoms. The molecule has 0 aliphatic rings. The van der Waals surface area contributed by atoms with Gasteiger partial charge in [0.2, 0.25) is 6.41 Å². The summed E-state index contributed by atoms with van der Waals surface area (Å²) in [5, 5.41) is 2.44. The number of anilines is 2. The van der Waals surface area contributed by atoms with Gasteiger partial charge < -0.3 is 20.2 Å². The zero-order valence-corrected chi connectivity index (χ0v) is 35.2. The summed E-state index contributed by atoms with van der Waals surface area (Å²) in [5.41, 5.74) is 5.60. The molecule has 0 radical (unpaired) electrons. The van der Waals surface area contributed by atoms with Crippen molar-refractivity contribution in [2.75, 3.05) is 22.6 Å². The zero-order valence-electron chi connectivity index (χ0n) is 29.3. The normalized spacial score (nSPS) is 12.5. The number of hydrogen-bond acceptors (Lipinski definition) is 10. The minimum atomic E-state index is -4.62. The first-order chi connectivity index (χ1) is 25.9. The number of pyridine rings is 2. The number of fused-ring (bicyclic) bond motifs is 2. The van der Waals surface area contributed by atoms with Crippen molar-refractivity contribution in [1.82, 2.24) is 29.1 Å². The van der Waals surface area contributed by atoms with Crippen LogP contribution in [0.1, 0.15) is 25.2 Å². The molecule has 3 N–H and O–H groups in total. The number of aromatic nitrogens is 6. The molecule has 2 aromatic carbocycles. The minimum absolute atomic E-state index is 0.00896. The molecule has 6 aromatic rings. The molecule has 1 amide bonds. The van der Waals surface area contributed by atoms with Crippen LogP contribution in [-0.4, -0.2) is 63.8 Å². The van der Waals surface area contributed by atoms with E-state index in [-0.39, 0.29) is 55.1 Å². The third-order valence-corrected chi connectivity index (χ3v) is 13.8. The Labute approximate surface area is 342 Å². The van der Waals surface area contributed by atoms with E-state index in [0.29, 0.717) is 36.0 Å². The number of sulfone groups is 2. The summed E-state index contributed by atoms with van der Waals surface area (Å²) in [6.07, 6.45) is -6.67. The van der Waals surface area contributed by atoms with E-state index in [1.807, 2.05) is 45.2 Å². The number of nitrogens with one attached hydrogen (secondary N) is 1. The number of amides is 1. The number of hydrogen-bond donors (Lipinski definition) is 2. The lowest BCUT2D eigenvalue weighted by atomic mass is 10.2. The molecule has 4 aromatic heterocycles. The molecule has 4 heterocycles. The van der Waals surface area contributed by atoms with Crippen LogP contribution in [0.25, 0.3) is 44.8 Å². The second-order valence-corrected chi connectivity index (χ2v) is 18.7. The van der Waals surface area contributed by atoms with E-state index >= 15 is 0 Å². The Bertz CT molecular complexity index is 2750. The van der Waals surface area contributed by atoms with Crippen molar-refractivity contribution in [3.8, 4) is 22.8 Å². The van der Waals surface area contributed by atoms with E-state index < -0.39 is 43.4 Å². The molecule has 0 atom stereocenters. The Hall–Kier alpha value is -4.11. The Morgan fingerprint density at radius 3 is 1.52 bits per heavy atom. The van der Waals surface area contributed by atoms with Gasteiger partial charge in [0.05, 0.1) is 61.4 Å². The van der Waals surface area contributed by atoms with E-state index in [2.05, 4.69) is 25.3 Å². The van der Waals surface area contributed by atoms with Gasteiger partial charge in [0.1, 0.15) is 23.0 Å². The SMILES string of the molecule is CCS(=O)(=O)c1cc(N)c(I)cc1-c1nc2cc(C(F)(F)F)ncc2n1C.CCS(=O)(=O)c1cc(NC=O)c(I)cc1-c1nc2cc(C(F)(F)F)ncc2n1C. The van der Waals surface area contributed by atoms with E-state index in [9.17, 15) is 48.0 Å². The van der Waals surface area contributed by atoms with Gasteiger partial charge in [-0.05, 0) is 81.6 Å². The van der Waals surface area contributed by atoms with E-state index in [0.717, 1.165) is 24.5 Å². The Morgan fingerprint density at radius 2 is 1.12 bits per heavy atom. The maximum Gasteiger partial charge on any atom is 0.433 e. The average Bonchev–Trinajstić information content (AvgIpc) is 3.64. The van der Waals surface area contributed by atoms with Gasteiger partial charge in [-0.1, -0.05) is 13.8 Å². The highest BCUT2D eigenvalue weighted by Crippen LogP contribution is 2.38. The van der Waals surface area contributed by atoms with Gasteiger partial charge in [-0.2, -0.15) is 26.3 Å². The number of nitrogens with two attached hydrogens (primary N) is 1. The molecule has 23 heteroatoms. The molecule has 0 spiro atoms. The van der Waals surface area contributed by atoms with Gasteiger partial charge in [0.25, 0.3) is 0 Å². The number of benzene rings is 2. The van der Waals surface area contributed by atoms with Crippen molar-refractivity contribution in [3.63, 3.8) is 0 Å². The lowest BCUT2D eigenvalue weighted by Gasteiger charge is -2.13. The molecule has 0 saturated carbocycles. The van der Waals surface area contributed by atoms with Crippen molar-refractivity contribution < 1.29 is 48.0 Å². The van der Waals surface area contributed by atoms with E-state index in [1.165, 1.54) is 41.2 Å². The molecule has 0 fully saturated rings. The van der Waals surface area contributed by atoms with Crippen molar-refractivity contribution in [2.24, 2.45) is 14.1 Å².